The number of ether oxygens (including phenoxy) is 1. The molecule has 5 nitrogen and oxygen atoms in total. The minimum atomic E-state index is -0.119. The molecule has 1 aromatic carbocycles. The van der Waals surface area contributed by atoms with Crippen molar-refractivity contribution in [1.82, 2.24) is 15.2 Å². The van der Waals surface area contributed by atoms with Crippen LogP contribution in [-0.4, -0.2) is 30.1 Å². The summed E-state index contributed by atoms with van der Waals surface area (Å²) >= 11 is 1.63. The number of nitrogens with zero attached hydrogens (tertiary/aromatic N) is 2. The van der Waals surface area contributed by atoms with Crippen molar-refractivity contribution in [3.05, 3.63) is 45.9 Å². The average molecular weight is 333 g/mol. The van der Waals surface area contributed by atoms with Crippen LogP contribution >= 0.6 is 11.3 Å². The summed E-state index contributed by atoms with van der Waals surface area (Å²) in [7, 11) is 3.41. The highest BCUT2D eigenvalue weighted by atomic mass is 32.1. The number of aromatic nitrogens is 1. The van der Waals surface area contributed by atoms with Gasteiger partial charge in [-0.1, -0.05) is 26.0 Å². The molecule has 1 N–H and O–H groups in total. The molecule has 0 fully saturated rings. The van der Waals surface area contributed by atoms with Crippen molar-refractivity contribution in [3.63, 3.8) is 0 Å². The molecule has 23 heavy (non-hydrogen) atoms. The lowest BCUT2D eigenvalue weighted by Gasteiger charge is -2.18. The molecule has 124 valence electrons. The van der Waals surface area contributed by atoms with E-state index in [0.717, 1.165) is 22.0 Å². The van der Waals surface area contributed by atoms with E-state index in [0.29, 0.717) is 19.0 Å². The molecule has 0 aliphatic rings. The van der Waals surface area contributed by atoms with Crippen molar-refractivity contribution in [1.29, 1.82) is 0 Å². The quantitative estimate of drug-likeness (QED) is 0.878. The molecule has 2 aromatic rings. The fourth-order valence-electron chi connectivity index (χ4n) is 2.09. The van der Waals surface area contributed by atoms with E-state index in [-0.39, 0.29) is 6.03 Å². The Morgan fingerprint density at radius 1 is 1.43 bits per heavy atom. The summed E-state index contributed by atoms with van der Waals surface area (Å²) < 4.78 is 5.20. The number of urea groups is 1. The number of methoxy groups -OCH3 is 1. The zero-order valence-corrected chi connectivity index (χ0v) is 14.8. The summed E-state index contributed by atoms with van der Waals surface area (Å²) in [4.78, 5) is 18.3. The molecule has 0 unspecified atom stereocenters. The summed E-state index contributed by atoms with van der Waals surface area (Å²) in [6.45, 7) is 5.20. The van der Waals surface area contributed by atoms with E-state index in [1.165, 1.54) is 0 Å². The van der Waals surface area contributed by atoms with Gasteiger partial charge in [0.05, 0.1) is 24.4 Å². The van der Waals surface area contributed by atoms with Gasteiger partial charge in [-0.15, -0.1) is 11.3 Å². The predicted octanol–water partition coefficient (Wildman–Crippen LogP) is 3.62. The third kappa shape index (κ3) is 4.96. The second-order valence-electron chi connectivity index (χ2n) is 5.70. The van der Waals surface area contributed by atoms with Gasteiger partial charge in [-0.05, 0) is 17.7 Å². The molecular weight excluding hydrogens is 310 g/mol. The summed E-state index contributed by atoms with van der Waals surface area (Å²) in [6, 6.07) is 7.59. The molecule has 0 saturated carbocycles. The molecule has 6 heteroatoms. The monoisotopic (exact) mass is 333 g/mol. The SMILES string of the molecule is COc1cccc(CN(C)C(=O)NCc2csc(C(C)C)n2)c1. The van der Waals surface area contributed by atoms with Crippen LogP contribution in [0.4, 0.5) is 4.79 Å². The average Bonchev–Trinajstić information content (AvgIpc) is 3.02. The van der Waals surface area contributed by atoms with Gasteiger partial charge < -0.3 is 15.0 Å². The Morgan fingerprint density at radius 2 is 2.22 bits per heavy atom. The molecule has 0 aliphatic heterocycles. The van der Waals surface area contributed by atoms with Crippen molar-refractivity contribution in [2.75, 3.05) is 14.2 Å². The first-order chi connectivity index (χ1) is 11.0. The maximum absolute atomic E-state index is 12.2. The van der Waals surface area contributed by atoms with Gasteiger partial charge in [0.15, 0.2) is 0 Å². The fraction of sp³-hybridized carbons (Fsp3) is 0.412. The third-order valence-corrected chi connectivity index (χ3v) is 4.58. The lowest BCUT2D eigenvalue weighted by Crippen LogP contribution is -2.36. The van der Waals surface area contributed by atoms with Gasteiger partial charge in [0, 0.05) is 24.9 Å². The molecule has 0 atom stereocenters. The number of hydrogen-bond donors (Lipinski definition) is 1. The fourth-order valence-corrected chi connectivity index (χ4v) is 2.92. The van der Waals surface area contributed by atoms with Gasteiger partial charge in [0.25, 0.3) is 0 Å². The van der Waals surface area contributed by atoms with E-state index in [2.05, 4.69) is 24.1 Å². The lowest BCUT2D eigenvalue weighted by atomic mass is 10.2. The Balaban J connectivity index is 1.86. The molecule has 1 heterocycles. The first kappa shape index (κ1) is 17.3. The number of carbonyl (C=O) groups is 1. The van der Waals surface area contributed by atoms with E-state index in [9.17, 15) is 4.79 Å². The maximum Gasteiger partial charge on any atom is 0.317 e. The number of carbonyl (C=O) groups excluding carboxylic acids is 1. The Morgan fingerprint density at radius 3 is 2.87 bits per heavy atom. The number of thiazole rings is 1. The van der Waals surface area contributed by atoms with E-state index >= 15 is 0 Å². The largest absolute Gasteiger partial charge is 0.497 e. The highest BCUT2D eigenvalue weighted by Crippen LogP contribution is 2.19. The molecular formula is C17H23N3O2S. The summed E-state index contributed by atoms with van der Waals surface area (Å²) in [5.41, 5.74) is 1.93. The van der Waals surface area contributed by atoms with Crippen LogP contribution in [-0.2, 0) is 13.1 Å². The number of hydrogen-bond acceptors (Lipinski definition) is 4. The van der Waals surface area contributed by atoms with Crippen LogP contribution in [0.2, 0.25) is 0 Å². The van der Waals surface area contributed by atoms with Gasteiger partial charge >= 0.3 is 6.03 Å². The van der Waals surface area contributed by atoms with Crippen LogP contribution in [0.15, 0.2) is 29.6 Å². The number of amides is 2. The molecule has 1 aromatic heterocycles. The van der Waals surface area contributed by atoms with E-state index in [1.54, 1.807) is 30.4 Å². The van der Waals surface area contributed by atoms with E-state index in [1.807, 2.05) is 29.6 Å². The van der Waals surface area contributed by atoms with Crippen molar-refractivity contribution < 1.29 is 9.53 Å². The van der Waals surface area contributed by atoms with Crippen LogP contribution in [0.3, 0.4) is 0 Å². The Bertz CT molecular complexity index is 655. The smallest absolute Gasteiger partial charge is 0.317 e. The van der Waals surface area contributed by atoms with Crippen molar-refractivity contribution in [2.45, 2.75) is 32.9 Å². The third-order valence-electron chi connectivity index (χ3n) is 3.38. The van der Waals surface area contributed by atoms with Crippen LogP contribution in [0.25, 0.3) is 0 Å². The second kappa shape index (κ2) is 7.97. The zero-order valence-electron chi connectivity index (χ0n) is 14.0. The van der Waals surface area contributed by atoms with Crippen LogP contribution in [0.5, 0.6) is 5.75 Å². The topological polar surface area (TPSA) is 54.5 Å². The van der Waals surface area contributed by atoms with Crippen LogP contribution in [0, 0.1) is 0 Å². The van der Waals surface area contributed by atoms with Crippen molar-refractivity contribution in [2.24, 2.45) is 0 Å². The summed E-state index contributed by atoms with van der Waals surface area (Å²) in [6.07, 6.45) is 0. The molecule has 2 amide bonds. The minimum absolute atomic E-state index is 0.119. The molecule has 0 radical (unpaired) electrons. The molecule has 0 spiro atoms. The van der Waals surface area contributed by atoms with Gasteiger partial charge in [-0.2, -0.15) is 0 Å². The van der Waals surface area contributed by atoms with E-state index in [4.69, 9.17) is 4.74 Å². The number of nitrogens with one attached hydrogen (secondary N) is 1. The molecule has 0 bridgehead atoms. The molecule has 0 saturated heterocycles. The second-order valence-corrected chi connectivity index (χ2v) is 6.59. The Kier molecular flexibility index (Phi) is 5.98. The van der Waals surface area contributed by atoms with Gasteiger partial charge in [0.1, 0.15) is 5.75 Å². The predicted molar refractivity (Wildman–Crippen MR) is 92.9 cm³/mol. The molecule has 0 aliphatic carbocycles. The van der Waals surface area contributed by atoms with Crippen LogP contribution in [0.1, 0.15) is 36.0 Å². The standard InChI is InChI=1S/C17H23N3O2S/c1-12(2)16-19-14(11-23-16)9-18-17(21)20(3)10-13-6-5-7-15(8-13)22-4/h5-8,11-12H,9-10H2,1-4H3,(H,18,21). The summed E-state index contributed by atoms with van der Waals surface area (Å²) in [5, 5.41) is 5.99. The number of benzene rings is 1. The highest BCUT2D eigenvalue weighted by Gasteiger charge is 2.11. The van der Waals surface area contributed by atoms with Crippen molar-refractivity contribution in [3.8, 4) is 5.75 Å². The summed E-state index contributed by atoms with van der Waals surface area (Å²) in [5.74, 6) is 1.21. The first-order valence-corrected chi connectivity index (χ1v) is 8.43. The van der Waals surface area contributed by atoms with Gasteiger partial charge in [0.2, 0.25) is 0 Å². The Hall–Kier alpha value is -2.08. The van der Waals surface area contributed by atoms with Gasteiger partial charge in [-0.3, -0.25) is 0 Å². The number of rotatable bonds is 6. The first-order valence-electron chi connectivity index (χ1n) is 7.55. The normalized spacial score (nSPS) is 10.7. The maximum atomic E-state index is 12.2. The van der Waals surface area contributed by atoms with Crippen LogP contribution < -0.4 is 10.1 Å². The minimum Gasteiger partial charge on any atom is -0.497 e. The lowest BCUT2D eigenvalue weighted by molar-refractivity contribution is 0.206. The van der Waals surface area contributed by atoms with E-state index < -0.39 is 0 Å². The zero-order chi connectivity index (χ0) is 16.8. The highest BCUT2D eigenvalue weighted by molar-refractivity contribution is 7.09. The molecule has 2 rings (SSSR count). The van der Waals surface area contributed by atoms with Crippen molar-refractivity contribution >= 4 is 17.4 Å². The Labute approximate surface area is 141 Å². The van der Waals surface area contributed by atoms with Gasteiger partial charge in [-0.25, -0.2) is 9.78 Å².